The Morgan fingerprint density at radius 3 is 2.48 bits per heavy atom. The molecule has 2 aliphatic rings. The SMILES string of the molecule is CCCc1cc(-c2cc(C(=O)NC3COC3)c(C)n2CC2CCCCC2)cc(C(C)(C)C)n1. The highest BCUT2D eigenvalue weighted by atomic mass is 16.5. The first kappa shape index (κ1) is 24.0. The second-order valence-corrected chi connectivity index (χ2v) is 11.1. The molecule has 1 aliphatic heterocycles. The molecule has 0 atom stereocenters. The Morgan fingerprint density at radius 1 is 1.15 bits per heavy atom. The van der Waals surface area contributed by atoms with Crippen molar-refractivity contribution < 1.29 is 9.53 Å². The Morgan fingerprint density at radius 2 is 1.88 bits per heavy atom. The summed E-state index contributed by atoms with van der Waals surface area (Å²) < 4.78 is 7.67. The molecule has 5 nitrogen and oxygen atoms in total. The van der Waals surface area contributed by atoms with Gasteiger partial charge in [0.2, 0.25) is 0 Å². The van der Waals surface area contributed by atoms with Crippen LogP contribution in [0, 0.1) is 12.8 Å². The second-order valence-electron chi connectivity index (χ2n) is 11.1. The fraction of sp³-hybridized carbons (Fsp3) is 0.643. The van der Waals surface area contributed by atoms with E-state index in [1.807, 2.05) is 0 Å². The van der Waals surface area contributed by atoms with Crippen molar-refractivity contribution >= 4 is 5.91 Å². The molecule has 1 N–H and O–H groups in total. The maximum atomic E-state index is 13.2. The molecule has 0 aromatic carbocycles. The molecule has 1 saturated heterocycles. The van der Waals surface area contributed by atoms with Crippen molar-refractivity contribution in [2.45, 2.75) is 97.6 Å². The zero-order chi connectivity index (χ0) is 23.6. The fourth-order valence-electron chi connectivity index (χ4n) is 5.06. The van der Waals surface area contributed by atoms with Gasteiger partial charge >= 0.3 is 0 Å². The van der Waals surface area contributed by atoms with Crippen LogP contribution in [0.1, 0.15) is 93.7 Å². The first-order chi connectivity index (χ1) is 15.8. The van der Waals surface area contributed by atoms with Crippen molar-refractivity contribution in [3.8, 4) is 11.3 Å². The first-order valence-corrected chi connectivity index (χ1v) is 12.9. The number of hydrogen-bond acceptors (Lipinski definition) is 3. The molecule has 33 heavy (non-hydrogen) atoms. The Labute approximate surface area is 199 Å². The van der Waals surface area contributed by atoms with Crippen molar-refractivity contribution in [2.75, 3.05) is 13.2 Å². The number of hydrogen-bond donors (Lipinski definition) is 1. The van der Waals surface area contributed by atoms with E-state index in [2.05, 4.69) is 62.7 Å². The summed E-state index contributed by atoms with van der Waals surface area (Å²) in [6.45, 7) is 13.2. The smallest absolute Gasteiger partial charge is 0.253 e. The van der Waals surface area contributed by atoms with Gasteiger partial charge in [-0.3, -0.25) is 9.78 Å². The van der Waals surface area contributed by atoms with Crippen molar-refractivity contribution in [2.24, 2.45) is 5.92 Å². The number of pyridine rings is 1. The van der Waals surface area contributed by atoms with Gasteiger partial charge in [-0.25, -0.2) is 0 Å². The topological polar surface area (TPSA) is 56.1 Å². The molecule has 4 rings (SSSR count). The molecule has 0 bridgehead atoms. The third-order valence-corrected chi connectivity index (χ3v) is 7.20. The van der Waals surface area contributed by atoms with Gasteiger partial charge in [0.15, 0.2) is 0 Å². The molecule has 3 heterocycles. The second kappa shape index (κ2) is 10.0. The van der Waals surface area contributed by atoms with Crippen LogP contribution in [-0.2, 0) is 23.1 Å². The lowest BCUT2D eigenvalue weighted by Gasteiger charge is -2.27. The highest BCUT2D eigenvalue weighted by Gasteiger charge is 2.27. The number of ether oxygens (including phenoxy) is 1. The lowest BCUT2D eigenvalue weighted by molar-refractivity contribution is -0.00347. The number of rotatable bonds is 7. The Hall–Kier alpha value is -2.14. The van der Waals surface area contributed by atoms with E-state index in [0.717, 1.165) is 47.7 Å². The quantitative estimate of drug-likeness (QED) is 0.577. The molecular weight excluding hydrogens is 410 g/mol. The van der Waals surface area contributed by atoms with Crippen LogP contribution in [0.4, 0.5) is 0 Å². The molecule has 1 aliphatic carbocycles. The fourth-order valence-corrected chi connectivity index (χ4v) is 5.06. The number of nitrogens with one attached hydrogen (secondary N) is 1. The average molecular weight is 452 g/mol. The highest BCUT2D eigenvalue weighted by Crippen LogP contribution is 2.33. The van der Waals surface area contributed by atoms with E-state index in [4.69, 9.17) is 9.72 Å². The molecule has 1 saturated carbocycles. The molecule has 5 heteroatoms. The van der Waals surface area contributed by atoms with Gasteiger partial charge in [-0.05, 0) is 50.3 Å². The van der Waals surface area contributed by atoms with Gasteiger partial charge in [0.05, 0.1) is 24.8 Å². The summed E-state index contributed by atoms with van der Waals surface area (Å²) in [6, 6.07) is 6.73. The van der Waals surface area contributed by atoms with Crippen LogP contribution >= 0.6 is 0 Å². The molecule has 2 aromatic heterocycles. The Kier molecular flexibility index (Phi) is 7.28. The molecule has 2 fully saturated rings. The molecule has 1 amide bonds. The van der Waals surface area contributed by atoms with E-state index in [0.29, 0.717) is 19.1 Å². The molecule has 2 aromatic rings. The summed E-state index contributed by atoms with van der Waals surface area (Å²) in [5, 5.41) is 3.15. The minimum Gasteiger partial charge on any atom is -0.377 e. The summed E-state index contributed by atoms with van der Waals surface area (Å²) in [5.41, 5.74) is 6.42. The number of aromatic nitrogens is 2. The largest absolute Gasteiger partial charge is 0.377 e. The van der Waals surface area contributed by atoms with E-state index < -0.39 is 0 Å². The number of nitrogens with zero attached hydrogens (tertiary/aromatic N) is 2. The predicted molar refractivity (Wildman–Crippen MR) is 134 cm³/mol. The highest BCUT2D eigenvalue weighted by molar-refractivity contribution is 5.97. The van der Waals surface area contributed by atoms with E-state index in [-0.39, 0.29) is 17.4 Å². The maximum absolute atomic E-state index is 13.2. The standard InChI is InChI=1S/C28H41N3O2/c1-6-10-22-13-21(14-26(29-22)28(3,4)5)25-15-24(27(32)30-23-17-33-18-23)19(2)31(25)16-20-11-8-7-9-12-20/h13-15,20,23H,6-12,16-18H2,1-5H3,(H,30,32). The minimum absolute atomic E-state index is 0.0170. The van der Waals surface area contributed by atoms with Crippen LogP contribution < -0.4 is 5.32 Å². The Bertz CT molecular complexity index is 976. The van der Waals surface area contributed by atoms with Gasteiger partial charge in [-0.2, -0.15) is 0 Å². The number of aryl methyl sites for hydroxylation is 1. The van der Waals surface area contributed by atoms with E-state index in [1.165, 1.54) is 37.7 Å². The van der Waals surface area contributed by atoms with Gasteiger partial charge in [0, 0.05) is 40.3 Å². The third-order valence-electron chi connectivity index (χ3n) is 7.20. The lowest BCUT2D eigenvalue weighted by Crippen LogP contribution is -2.48. The molecule has 180 valence electrons. The normalized spacial score (nSPS) is 17.7. The summed E-state index contributed by atoms with van der Waals surface area (Å²) in [6.07, 6.45) is 8.59. The van der Waals surface area contributed by atoms with Gasteiger partial charge in [0.1, 0.15) is 0 Å². The van der Waals surface area contributed by atoms with Crippen molar-refractivity contribution in [1.29, 1.82) is 0 Å². The number of carbonyl (C=O) groups is 1. The first-order valence-electron chi connectivity index (χ1n) is 12.9. The van der Waals surface area contributed by atoms with E-state index in [9.17, 15) is 4.79 Å². The van der Waals surface area contributed by atoms with Gasteiger partial charge in [-0.15, -0.1) is 0 Å². The van der Waals surface area contributed by atoms with Crippen LogP contribution in [0.3, 0.4) is 0 Å². The van der Waals surface area contributed by atoms with Crippen molar-refractivity contribution in [1.82, 2.24) is 14.9 Å². The molecule has 0 unspecified atom stereocenters. The molecular formula is C28H41N3O2. The monoisotopic (exact) mass is 451 g/mol. The zero-order valence-electron chi connectivity index (χ0n) is 21.2. The van der Waals surface area contributed by atoms with Crippen LogP contribution in [0.15, 0.2) is 18.2 Å². The average Bonchev–Trinajstić information content (AvgIpc) is 3.07. The molecule has 0 spiro atoms. The van der Waals surface area contributed by atoms with Crippen LogP contribution in [0.5, 0.6) is 0 Å². The van der Waals surface area contributed by atoms with Gasteiger partial charge in [-0.1, -0.05) is 53.4 Å². The van der Waals surface area contributed by atoms with Crippen LogP contribution in [0.2, 0.25) is 0 Å². The van der Waals surface area contributed by atoms with Crippen LogP contribution in [-0.4, -0.2) is 34.7 Å². The van der Waals surface area contributed by atoms with Crippen molar-refractivity contribution in [3.63, 3.8) is 0 Å². The Balaban J connectivity index is 1.77. The number of amides is 1. The lowest BCUT2D eigenvalue weighted by atomic mass is 9.88. The molecule has 0 radical (unpaired) electrons. The summed E-state index contributed by atoms with van der Waals surface area (Å²) in [5.74, 6) is 0.696. The van der Waals surface area contributed by atoms with E-state index in [1.54, 1.807) is 0 Å². The minimum atomic E-state index is -0.0290. The zero-order valence-corrected chi connectivity index (χ0v) is 21.2. The van der Waals surface area contributed by atoms with Crippen LogP contribution in [0.25, 0.3) is 11.3 Å². The predicted octanol–water partition coefficient (Wildman–Crippen LogP) is 5.82. The summed E-state index contributed by atoms with van der Waals surface area (Å²) in [4.78, 5) is 18.1. The van der Waals surface area contributed by atoms with Gasteiger partial charge in [0.25, 0.3) is 5.91 Å². The van der Waals surface area contributed by atoms with Gasteiger partial charge < -0.3 is 14.6 Å². The van der Waals surface area contributed by atoms with E-state index >= 15 is 0 Å². The summed E-state index contributed by atoms with van der Waals surface area (Å²) >= 11 is 0. The maximum Gasteiger partial charge on any atom is 0.253 e. The van der Waals surface area contributed by atoms with Crippen molar-refractivity contribution in [3.05, 3.63) is 40.8 Å². The third kappa shape index (κ3) is 5.51. The summed E-state index contributed by atoms with van der Waals surface area (Å²) in [7, 11) is 0. The number of carbonyl (C=O) groups excluding carboxylic acids is 1.